The van der Waals surface area contributed by atoms with Gasteiger partial charge in [0.05, 0.1) is 0 Å². The Bertz CT molecular complexity index is 462. The lowest BCUT2D eigenvalue weighted by atomic mass is 9.72. The van der Waals surface area contributed by atoms with Crippen molar-refractivity contribution in [3.05, 3.63) is 34.3 Å². The molecule has 20 heavy (non-hydrogen) atoms. The van der Waals surface area contributed by atoms with E-state index in [2.05, 4.69) is 59.4 Å². The molecule has 0 heterocycles. The van der Waals surface area contributed by atoms with Crippen LogP contribution in [0.1, 0.15) is 63.9 Å². The lowest BCUT2D eigenvalue weighted by Crippen LogP contribution is -2.48. The van der Waals surface area contributed by atoms with Gasteiger partial charge in [-0.2, -0.15) is 0 Å². The summed E-state index contributed by atoms with van der Waals surface area (Å²) in [6, 6.07) is 10.3. The Balaban J connectivity index is 1.49. The van der Waals surface area contributed by atoms with E-state index in [1.807, 2.05) is 0 Å². The highest BCUT2D eigenvalue weighted by Crippen LogP contribution is 2.40. The maximum Gasteiger partial charge on any atom is 0.0178 e. The first-order valence-electron chi connectivity index (χ1n) is 8.03. The van der Waals surface area contributed by atoms with E-state index in [4.69, 9.17) is 0 Å². The second-order valence-corrected chi connectivity index (χ2v) is 8.46. The van der Waals surface area contributed by atoms with Crippen molar-refractivity contribution in [2.24, 2.45) is 5.41 Å². The third kappa shape index (κ3) is 3.46. The Kier molecular flexibility index (Phi) is 4.24. The van der Waals surface area contributed by atoms with E-state index in [1.165, 1.54) is 48.6 Å². The van der Waals surface area contributed by atoms with Crippen LogP contribution in [0.5, 0.6) is 0 Å². The molecule has 1 N–H and O–H groups in total. The average Bonchev–Trinajstić information content (AvgIpc) is 2.32. The lowest BCUT2D eigenvalue weighted by molar-refractivity contribution is 0.165. The third-order valence-electron chi connectivity index (χ3n) is 5.13. The monoisotopic (exact) mass is 335 g/mol. The fourth-order valence-corrected chi connectivity index (χ4v) is 4.38. The van der Waals surface area contributed by atoms with Gasteiger partial charge < -0.3 is 5.32 Å². The largest absolute Gasteiger partial charge is 0.311 e. The minimum atomic E-state index is 0.545. The molecule has 2 saturated carbocycles. The Hall–Kier alpha value is -0.340. The Morgan fingerprint density at radius 2 is 2.00 bits per heavy atom. The van der Waals surface area contributed by atoms with Crippen LogP contribution in [-0.4, -0.2) is 12.1 Å². The van der Waals surface area contributed by atoms with E-state index >= 15 is 0 Å². The fraction of sp³-hybridized carbons (Fsp3) is 0.667. The van der Waals surface area contributed by atoms with Gasteiger partial charge in [0.2, 0.25) is 0 Å². The summed E-state index contributed by atoms with van der Waals surface area (Å²) in [5.41, 5.74) is 2.05. The summed E-state index contributed by atoms with van der Waals surface area (Å²) in [7, 11) is 0. The molecule has 0 spiro atoms. The molecule has 2 heteroatoms. The molecule has 0 amide bonds. The third-order valence-corrected chi connectivity index (χ3v) is 5.63. The molecule has 110 valence electrons. The van der Waals surface area contributed by atoms with Gasteiger partial charge in [-0.3, -0.25) is 0 Å². The molecule has 1 atom stereocenters. The predicted molar refractivity (Wildman–Crippen MR) is 89.1 cm³/mol. The Morgan fingerprint density at radius 1 is 1.20 bits per heavy atom. The number of benzene rings is 1. The maximum atomic E-state index is 3.91. The van der Waals surface area contributed by atoms with Gasteiger partial charge in [0.25, 0.3) is 0 Å². The first-order valence-corrected chi connectivity index (χ1v) is 8.83. The van der Waals surface area contributed by atoms with E-state index in [0.717, 1.165) is 18.0 Å². The Morgan fingerprint density at radius 3 is 2.70 bits per heavy atom. The van der Waals surface area contributed by atoms with Crippen molar-refractivity contribution in [1.82, 2.24) is 5.32 Å². The van der Waals surface area contributed by atoms with Crippen molar-refractivity contribution in [3.8, 4) is 0 Å². The van der Waals surface area contributed by atoms with Crippen LogP contribution < -0.4 is 5.32 Å². The zero-order valence-electron chi connectivity index (χ0n) is 12.7. The van der Waals surface area contributed by atoms with Gasteiger partial charge in [-0.25, -0.2) is 0 Å². The molecule has 0 bridgehead atoms. The van der Waals surface area contributed by atoms with Crippen LogP contribution in [0.4, 0.5) is 0 Å². The number of rotatable bonds is 3. The van der Waals surface area contributed by atoms with Gasteiger partial charge in [-0.15, -0.1) is 0 Å². The molecule has 0 radical (unpaired) electrons. The molecule has 1 nitrogen and oxygen atoms in total. The van der Waals surface area contributed by atoms with Gasteiger partial charge in [0, 0.05) is 16.6 Å². The Labute approximate surface area is 131 Å². The van der Waals surface area contributed by atoms with E-state index in [0.29, 0.717) is 5.41 Å². The SMILES string of the molecule is CC1(C)CCCC(NC2CC(c3cccc(Br)c3)C2)C1. The van der Waals surface area contributed by atoms with Crippen LogP contribution in [0.3, 0.4) is 0 Å². The van der Waals surface area contributed by atoms with Crippen molar-refractivity contribution in [1.29, 1.82) is 0 Å². The molecule has 2 aliphatic carbocycles. The van der Waals surface area contributed by atoms with Crippen LogP contribution in [0, 0.1) is 5.41 Å². The number of nitrogens with one attached hydrogen (secondary N) is 1. The zero-order valence-corrected chi connectivity index (χ0v) is 14.2. The summed E-state index contributed by atoms with van der Waals surface area (Å²) in [6.07, 6.45) is 8.15. The second kappa shape index (κ2) is 5.81. The van der Waals surface area contributed by atoms with Crippen LogP contribution in [-0.2, 0) is 0 Å². The normalized spacial score (nSPS) is 32.6. The van der Waals surface area contributed by atoms with E-state index in [-0.39, 0.29) is 0 Å². The average molecular weight is 336 g/mol. The number of hydrogen-bond acceptors (Lipinski definition) is 1. The minimum Gasteiger partial charge on any atom is -0.311 e. The molecule has 0 aromatic heterocycles. The lowest BCUT2D eigenvalue weighted by Gasteiger charge is -2.42. The summed E-state index contributed by atoms with van der Waals surface area (Å²) < 4.78 is 1.21. The zero-order chi connectivity index (χ0) is 14.2. The summed E-state index contributed by atoms with van der Waals surface area (Å²) in [5, 5.41) is 3.91. The highest BCUT2D eigenvalue weighted by Gasteiger charge is 2.34. The number of halogens is 1. The molecule has 0 aliphatic heterocycles. The molecule has 2 aliphatic rings. The molecular formula is C18H26BrN. The quantitative estimate of drug-likeness (QED) is 0.794. The summed E-state index contributed by atoms with van der Waals surface area (Å²) >= 11 is 3.58. The molecule has 1 aromatic rings. The topological polar surface area (TPSA) is 12.0 Å². The first kappa shape index (κ1) is 14.6. The summed E-state index contributed by atoms with van der Waals surface area (Å²) in [5.74, 6) is 0.765. The van der Waals surface area contributed by atoms with Crippen molar-refractivity contribution in [3.63, 3.8) is 0 Å². The van der Waals surface area contributed by atoms with E-state index in [1.54, 1.807) is 0 Å². The molecule has 3 rings (SSSR count). The van der Waals surface area contributed by atoms with E-state index < -0.39 is 0 Å². The highest BCUT2D eigenvalue weighted by atomic mass is 79.9. The smallest absolute Gasteiger partial charge is 0.0178 e. The predicted octanol–water partition coefficient (Wildman–Crippen LogP) is 5.25. The molecule has 0 saturated heterocycles. The van der Waals surface area contributed by atoms with Crippen LogP contribution in [0.15, 0.2) is 28.7 Å². The summed E-state index contributed by atoms with van der Waals surface area (Å²) in [6.45, 7) is 4.85. The maximum absolute atomic E-state index is 3.91. The second-order valence-electron chi connectivity index (χ2n) is 7.54. The van der Waals surface area contributed by atoms with E-state index in [9.17, 15) is 0 Å². The standard InChI is InChI=1S/C18H26BrN/c1-18(2)8-4-7-16(12-18)20-17-10-14(11-17)13-5-3-6-15(19)9-13/h3,5-6,9,14,16-17,20H,4,7-8,10-12H2,1-2H3. The van der Waals surface area contributed by atoms with Crippen LogP contribution in [0.25, 0.3) is 0 Å². The van der Waals surface area contributed by atoms with Gasteiger partial charge in [0.15, 0.2) is 0 Å². The van der Waals surface area contributed by atoms with Crippen molar-refractivity contribution in [2.45, 2.75) is 70.4 Å². The van der Waals surface area contributed by atoms with Crippen LogP contribution in [0.2, 0.25) is 0 Å². The minimum absolute atomic E-state index is 0.545. The molecule has 2 fully saturated rings. The fourth-order valence-electron chi connectivity index (χ4n) is 3.96. The molecule has 1 aromatic carbocycles. The molecular weight excluding hydrogens is 310 g/mol. The molecule has 1 unspecified atom stereocenters. The van der Waals surface area contributed by atoms with Gasteiger partial charge in [-0.1, -0.05) is 48.3 Å². The van der Waals surface area contributed by atoms with Crippen molar-refractivity contribution < 1.29 is 0 Å². The van der Waals surface area contributed by atoms with Crippen molar-refractivity contribution in [2.75, 3.05) is 0 Å². The van der Waals surface area contributed by atoms with Gasteiger partial charge >= 0.3 is 0 Å². The highest BCUT2D eigenvalue weighted by molar-refractivity contribution is 9.10. The van der Waals surface area contributed by atoms with Gasteiger partial charge in [-0.05, 0) is 61.1 Å². The first-order chi connectivity index (χ1) is 9.52. The summed E-state index contributed by atoms with van der Waals surface area (Å²) in [4.78, 5) is 0. The van der Waals surface area contributed by atoms with Crippen molar-refractivity contribution >= 4 is 15.9 Å². The number of hydrogen-bond donors (Lipinski definition) is 1. The van der Waals surface area contributed by atoms with Crippen LogP contribution >= 0.6 is 15.9 Å². The van der Waals surface area contributed by atoms with Gasteiger partial charge in [0.1, 0.15) is 0 Å².